The number of hydrogen-bond donors (Lipinski definition) is 1. The number of piperidine rings is 1. The second-order valence-electron chi connectivity index (χ2n) is 5.33. The first-order chi connectivity index (χ1) is 9.34. The lowest BCUT2D eigenvalue weighted by Gasteiger charge is -2.23. The highest BCUT2D eigenvalue weighted by atomic mass is 16.5. The molecule has 2 rings (SSSR count). The normalized spacial score (nSPS) is 16.5. The van der Waals surface area contributed by atoms with Crippen molar-refractivity contribution in [3.63, 3.8) is 0 Å². The summed E-state index contributed by atoms with van der Waals surface area (Å²) in [6.45, 7) is 8.04. The minimum absolute atomic E-state index is 0.637. The monoisotopic (exact) mass is 264 g/mol. The van der Waals surface area contributed by atoms with Crippen LogP contribution in [-0.2, 0) is 4.74 Å². The third-order valence-electron chi connectivity index (χ3n) is 3.68. The van der Waals surface area contributed by atoms with Crippen LogP contribution < -0.4 is 9.64 Å². The zero-order chi connectivity index (χ0) is 13.3. The van der Waals surface area contributed by atoms with Gasteiger partial charge in [0.1, 0.15) is 18.9 Å². The molecule has 0 saturated carbocycles. The second kappa shape index (κ2) is 8.18. The van der Waals surface area contributed by atoms with E-state index in [1.54, 1.807) is 4.90 Å². The topological polar surface area (TPSA) is 22.9 Å². The Morgan fingerprint density at radius 3 is 2.42 bits per heavy atom. The minimum Gasteiger partial charge on any atom is -0.491 e. The van der Waals surface area contributed by atoms with Gasteiger partial charge in [0, 0.05) is 0 Å². The average Bonchev–Trinajstić information content (AvgIpc) is 2.46. The summed E-state index contributed by atoms with van der Waals surface area (Å²) in [6, 6.07) is 8.15. The minimum atomic E-state index is 0.637. The largest absolute Gasteiger partial charge is 0.491 e. The molecule has 1 aromatic carbocycles. The molecule has 1 saturated heterocycles. The molecule has 0 radical (unpaired) electrons. The van der Waals surface area contributed by atoms with Crippen molar-refractivity contribution in [3.05, 3.63) is 29.8 Å². The Balaban J connectivity index is 1.49. The van der Waals surface area contributed by atoms with E-state index in [2.05, 4.69) is 19.1 Å². The van der Waals surface area contributed by atoms with E-state index in [4.69, 9.17) is 9.47 Å². The zero-order valence-corrected chi connectivity index (χ0v) is 12.0. The highest BCUT2D eigenvalue weighted by Crippen LogP contribution is 2.10. The Morgan fingerprint density at radius 1 is 0.947 bits per heavy atom. The molecule has 106 valence electrons. The summed E-state index contributed by atoms with van der Waals surface area (Å²) < 4.78 is 11.3. The summed E-state index contributed by atoms with van der Waals surface area (Å²) >= 11 is 0. The first-order valence-electron chi connectivity index (χ1n) is 7.45. The van der Waals surface area contributed by atoms with Gasteiger partial charge in [0.25, 0.3) is 0 Å². The van der Waals surface area contributed by atoms with Gasteiger partial charge < -0.3 is 14.4 Å². The van der Waals surface area contributed by atoms with E-state index in [0.717, 1.165) is 18.9 Å². The van der Waals surface area contributed by atoms with E-state index in [0.29, 0.717) is 13.2 Å². The first kappa shape index (κ1) is 14.4. The van der Waals surface area contributed by atoms with Gasteiger partial charge in [0.05, 0.1) is 26.3 Å². The highest BCUT2D eigenvalue weighted by molar-refractivity contribution is 5.26. The maximum absolute atomic E-state index is 5.64. The molecule has 0 bridgehead atoms. The molecule has 0 spiro atoms. The van der Waals surface area contributed by atoms with Crippen molar-refractivity contribution >= 4 is 0 Å². The third-order valence-corrected chi connectivity index (χ3v) is 3.68. The maximum atomic E-state index is 5.64. The summed E-state index contributed by atoms with van der Waals surface area (Å²) in [5.74, 6) is 0.927. The first-order valence-corrected chi connectivity index (χ1v) is 7.45. The Morgan fingerprint density at radius 2 is 1.68 bits per heavy atom. The van der Waals surface area contributed by atoms with Gasteiger partial charge in [0.2, 0.25) is 0 Å². The SMILES string of the molecule is Cc1ccc(OCCOCC[NH+]2CCCCC2)cc1. The smallest absolute Gasteiger partial charge is 0.119 e. The third kappa shape index (κ3) is 5.62. The van der Waals surface area contributed by atoms with Crippen LogP contribution >= 0.6 is 0 Å². The number of rotatable bonds is 7. The molecular formula is C16H26NO2+. The van der Waals surface area contributed by atoms with E-state index in [-0.39, 0.29) is 0 Å². The molecular weight excluding hydrogens is 238 g/mol. The average molecular weight is 264 g/mol. The van der Waals surface area contributed by atoms with Crippen molar-refractivity contribution in [2.45, 2.75) is 26.2 Å². The van der Waals surface area contributed by atoms with Crippen LogP contribution in [0.2, 0.25) is 0 Å². The van der Waals surface area contributed by atoms with Gasteiger partial charge >= 0.3 is 0 Å². The summed E-state index contributed by atoms with van der Waals surface area (Å²) in [5.41, 5.74) is 1.26. The number of quaternary nitrogens is 1. The molecule has 0 amide bonds. The number of aryl methyl sites for hydroxylation is 1. The Hall–Kier alpha value is -1.06. The highest BCUT2D eigenvalue weighted by Gasteiger charge is 2.12. The summed E-state index contributed by atoms with van der Waals surface area (Å²) in [6.07, 6.45) is 4.17. The molecule has 3 heteroatoms. The molecule has 1 N–H and O–H groups in total. The van der Waals surface area contributed by atoms with Crippen LogP contribution in [0.5, 0.6) is 5.75 Å². The van der Waals surface area contributed by atoms with Crippen molar-refractivity contribution in [1.29, 1.82) is 0 Å². The van der Waals surface area contributed by atoms with E-state index in [1.807, 2.05) is 12.1 Å². The lowest BCUT2D eigenvalue weighted by molar-refractivity contribution is -0.905. The molecule has 1 aliphatic heterocycles. The van der Waals surface area contributed by atoms with E-state index in [9.17, 15) is 0 Å². The van der Waals surface area contributed by atoms with Crippen molar-refractivity contribution in [2.75, 3.05) is 39.5 Å². The maximum Gasteiger partial charge on any atom is 0.119 e. The van der Waals surface area contributed by atoms with E-state index >= 15 is 0 Å². The Kier molecular flexibility index (Phi) is 6.18. The lowest BCUT2D eigenvalue weighted by Crippen LogP contribution is -3.13. The number of ether oxygens (including phenoxy) is 2. The van der Waals surface area contributed by atoms with E-state index < -0.39 is 0 Å². The van der Waals surface area contributed by atoms with Gasteiger partial charge in [-0.25, -0.2) is 0 Å². The molecule has 1 heterocycles. The van der Waals surface area contributed by atoms with E-state index in [1.165, 1.54) is 37.9 Å². The predicted molar refractivity (Wildman–Crippen MR) is 76.9 cm³/mol. The molecule has 0 atom stereocenters. The molecule has 0 aliphatic carbocycles. The van der Waals surface area contributed by atoms with Crippen LogP contribution in [0.25, 0.3) is 0 Å². The fourth-order valence-electron chi connectivity index (χ4n) is 2.47. The van der Waals surface area contributed by atoms with Crippen LogP contribution in [0.4, 0.5) is 0 Å². The molecule has 19 heavy (non-hydrogen) atoms. The van der Waals surface area contributed by atoms with Gasteiger partial charge in [-0.15, -0.1) is 0 Å². The molecule has 0 aromatic heterocycles. The zero-order valence-electron chi connectivity index (χ0n) is 12.0. The lowest BCUT2D eigenvalue weighted by atomic mass is 10.1. The van der Waals surface area contributed by atoms with Crippen LogP contribution in [0.15, 0.2) is 24.3 Å². The summed E-state index contributed by atoms with van der Waals surface area (Å²) in [4.78, 5) is 1.70. The van der Waals surface area contributed by atoms with Crippen molar-refractivity contribution in [3.8, 4) is 5.75 Å². The number of benzene rings is 1. The molecule has 1 aliphatic rings. The quantitative estimate of drug-likeness (QED) is 0.754. The standard InChI is InChI=1S/C16H25NO2/c1-15-5-7-16(8-6-15)19-14-13-18-12-11-17-9-3-2-4-10-17/h5-8H,2-4,9-14H2,1H3/p+1. The van der Waals surface area contributed by atoms with Gasteiger partial charge in [-0.3, -0.25) is 0 Å². The van der Waals surface area contributed by atoms with Gasteiger partial charge in [-0.1, -0.05) is 17.7 Å². The molecule has 0 unspecified atom stereocenters. The second-order valence-corrected chi connectivity index (χ2v) is 5.33. The van der Waals surface area contributed by atoms with Gasteiger partial charge in [-0.2, -0.15) is 0 Å². The number of nitrogens with one attached hydrogen (secondary N) is 1. The Bertz CT molecular complexity index is 344. The summed E-state index contributed by atoms with van der Waals surface area (Å²) in [5, 5.41) is 0. The number of hydrogen-bond acceptors (Lipinski definition) is 2. The van der Waals surface area contributed by atoms with Crippen molar-refractivity contribution in [1.82, 2.24) is 0 Å². The molecule has 3 nitrogen and oxygen atoms in total. The van der Waals surface area contributed by atoms with Crippen LogP contribution in [-0.4, -0.2) is 39.5 Å². The van der Waals surface area contributed by atoms with Crippen LogP contribution in [0.3, 0.4) is 0 Å². The van der Waals surface area contributed by atoms with Crippen LogP contribution in [0.1, 0.15) is 24.8 Å². The molecule has 1 fully saturated rings. The number of likely N-dealkylation sites (tertiary alicyclic amines) is 1. The fourth-order valence-corrected chi connectivity index (χ4v) is 2.47. The van der Waals surface area contributed by atoms with Crippen molar-refractivity contribution < 1.29 is 14.4 Å². The predicted octanol–water partition coefficient (Wildman–Crippen LogP) is 1.46. The fraction of sp³-hybridized carbons (Fsp3) is 0.625. The summed E-state index contributed by atoms with van der Waals surface area (Å²) in [7, 11) is 0. The van der Waals surface area contributed by atoms with Crippen LogP contribution in [0, 0.1) is 6.92 Å². The van der Waals surface area contributed by atoms with Crippen molar-refractivity contribution in [2.24, 2.45) is 0 Å². The van der Waals surface area contributed by atoms with Gasteiger partial charge in [-0.05, 0) is 38.3 Å². The molecule has 1 aromatic rings. The van der Waals surface area contributed by atoms with Gasteiger partial charge in [0.15, 0.2) is 0 Å². The Labute approximate surface area is 116 Å².